The van der Waals surface area contributed by atoms with Gasteiger partial charge in [0.1, 0.15) is 5.76 Å². The molecule has 0 unspecified atom stereocenters. The highest BCUT2D eigenvalue weighted by atomic mass is 16.7. The Morgan fingerprint density at radius 3 is 2.59 bits per heavy atom. The van der Waals surface area contributed by atoms with Crippen molar-refractivity contribution in [3.8, 4) is 11.5 Å². The number of carbonyl (C=O) groups is 1. The number of ether oxygens (including phenoxy) is 2. The molecular formula is C21H20N2O4. The number of furan rings is 1. The van der Waals surface area contributed by atoms with Crippen molar-refractivity contribution in [1.29, 1.82) is 0 Å². The normalized spacial score (nSPS) is 14.6. The van der Waals surface area contributed by atoms with Gasteiger partial charge in [-0.1, -0.05) is 30.3 Å². The quantitative estimate of drug-likeness (QED) is 0.697. The van der Waals surface area contributed by atoms with Crippen LogP contribution in [0.2, 0.25) is 0 Å². The monoisotopic (exact) mass is 364 g/mol. The van der Waals surface area contributed by atoms with Gasteiger partial charge in [-0.3, -0.25) is 10.1 Å². The molecule has 0 fully saturated rings. The van der Waals surface area contributed by atoms with Crippen molar-refractivity contribution in [1.82, 2.24) is 5.32 Å². The highest BCUT2D eigenvalue weighted by Gasteiger charge is 2.23. The molecule has 2 aromatic carbocycles. The lowest BCUT2D eigenvalue weighted by atomic mass is 10.0. The van der Waals surface area contributed by atoms with E-state index in [1.54, 1.807) is 24.5 Å². The van der Waals surface area contributed by atoms with Gasteiger partial charge in [-0.25, -0.2) is 0 Å². The number of anilines is 1. The van der Waals surface area contributed by atoms with Crippen LogP contribution in [-0.2, 0) is 4.79 Å². The molecule has 138 valence electrons. The minimum atomic E-state index is -0.453. The summed E-state index contributed by atoms with van der Waals surface area (Å²) in [6.45, 7) is 2.02. The van der Waals surface area contributed by atoms with Gasteiger partial charge >= 0.3 is 0 Å². The molecule has 0 bridgehead atoms. The maximum atomic E-state index is 12.7. The number of amides is 1. The summed E-state index contributed by atoms with van der Waals surface area (Å²) in [6, 6.07) is 18.3. The Bertz CT molecular complexity index is 909. The zero-order valence-electron chi connectivity index (χ0n) is 14.8. The molecular weight excluding hydrogens is 344 g/mol. The molecule has 4 rings (SSSR count). The van der Waals surface area contributed by atoms with E-state index in [1.807, 2.05) is 49.4 Å². The van der Waals surface area contributed by atoms with Crippen LogP contribution in [0.25, 0.3) is 0 Å². The Kier molecular flexibility index (Phi) is 4.80. The van der Waals surface area contributed by atoms with Gasteiger partial charge in [0.25, 0.3) is 0 Å². The minimum absolute atomic E-state index is 0.152. The van der Waals surface area contributed by atoms with E-state index in [2.05, 4.69) is 10.6 Å². The maximum Gasteiger partial charge on any atom is 0.241 e. The topological polar surface area (TPSA) is 72.7 Å². The highest BCUT2D eigenvalue weighted by Crippen LogP contribution is 2.34. The van der Waals surface area contributed by atoms with Crippen LogP contribution in [-0.4, -0.2) is 18.7 Å². The third kappa shape index (κ3) is 3.80. The number of nitrogens with one attached hydrogen (secondary N) is 2. The molecule has 0 spiro atoms. The van der Waals surface area contributed by atoms with Gasteiger partial charge in [-0.05, 0) is 36.8 Å². The molecule has 1 aliphatic heterocycles. The van der Waals surface area contributed by atoms with E-state index in [0.717, 1.165) is 11.3 Å². The van der Waals surface area contributed by atoms with Gasteiger partial charge in [0, 0.05) is 11.8 Å². The fraction of sp³-hybridized carbons (Fsp3) is 0.190. The van der Waals surface area contributed by atoms with Crippen LogP contribution < -0.4 is 20.1 Å². The van der Waals surface area contributed by atoms with Gasteiger partial charge in [-0.15, -0.1) is 0 Å². The van der Waals surface area contributed by atoms with E-state index in [1.165, 1.54) is 0 Å². The Morgan fingerprint density at radius 2 is 1.81 bits per heavy atom. The first-order chi connectivity index (χ1) is 13.2. The second-order valence-electron chi connectivity index (χ2n) is 6.30. The molecule has 6 nitrogen and oxygen atoms in total. The lowest BCUT2D eigenvalue weighted by Crippen LogP contribution is -2.40. The van der Waals surface area contributed by atoms with Crippen LogP contribution >= 0.6 is 0 Å². The SMILES string of the molecule is C[C@@H](N[C@@H](c1ccccc1)c1ccco1)C(=O)Nc1ccc2c(c1)OCO2. The third-order valence-electron chi connectivity index (χ3n) is 4.41. The van der Waals surface area contributed by atoms with Crippen molar-refractivity contribution in [2.75, 3.05) is 12.1 Å². The zero-order chi connectivity index (χ0) is 18.6. The molecule has 27 heavy (non-hydrogen) atoms. The van der Waals surface area contributed by atoms with Gasteiger partial charge in [0.2, 0.25) is 12.7 Å². The van der Waals surface area contributed by atoms with Gasteiger partial charge in [0.15, 0.2) is 11.5 Å². The maximum absolute atomic E-state index is 12.7. The first kappa shape index (κ1) is 17.2. The molecule has 1 aliphatic rings. The summed E-state index contributed by atoms with van der Waals surface area (Å²) in [5.74, 6) is 1.91. The predicted molar refractivity (Wildman–Crippen MR) is 101 cm³/mol. The molecule has 1 amide bonds. The van der Waals surface area contributed by atoms with Crippen molar-refractivity contribution in [2.45, 2.75) is 19.0 Å². The number of hydrogen-bond donors (Lipinski definition) is 2. The third-order valence-corrected chi connectivity index (χ3v) is 4.41. The molecule has 6 heteroatoms. The molecule has 0 saturated carbocycles. The van der Waals surface area contributed by atoms with Crippen LogP contribution in [0.15, 0.2) is 71.3 Å². The Balaban J connectivity index is 1.47. The van der Waals surface area contributed by atoms with Crippen LogP contribution in [0.5, 0.6) is 11.5 Å². The number of hydrogen-bond acceptors (Lipinski definition) is 5. The van der Waals surface area contributed by atoms with Crippen LogP contribution in [0.4, 0.5) is 5.69 Å². The standard InChI is InChI=1S/C21H20N2O4/c1-14(21(24)23-16-9-10-17-19(12-16)27-13-26-17)22-20(18-8-5-11-25-18)15-6-3-2-4-7-15/h2-12,14,20,22H,13H2,1H3,(H,23,24)/t14-,20+/m1/s1. The zero-order valence-corrected chi connectivity index (χ0v) is 14.8. The lowest BCUT2D eigenvalue weighted by Gasteiger charge is -2.22. The summed E-state index contributed by atoms with van der Waals surface area (Å²) < 4.78 is 16.2. The summed E-state index contributed by atoms with van der Waals surface area (Å²) in [5, 5.41) is 6.25. The predicted octanol–water partition coefficient (Wildman–Crippen LogP) is 3.71. The van der Waals surface area contributed by atoms with Crippen LogP contribution in [0.3, 0.4) is 0 Å². The molecule has 2 atom stereocenters. The fourth-order valence-corrected chi connectivity index (χ4v) is 2.99. The largest absolute Gasteiger partial charge is 0.467 e. The van der Waals surface area contributed by atoms with E-state index < -0.39 is 6.04 Å². The first-order valence-corrected chi connectivity index (χ1v) is 8.75. The van der Waals surface area contributed by atoms with E-state index in [9.17, 15) is 4.79 Å². The summed E-state index contributed by atoms with van der Waals surface area (Å²) in [4.78, 5) is 12.7. The minimum Gasteiger partial charge on any atom is -0.467 e. The second-order valence-corrected chi connectivity index (χ2v) is 6.30. The van der Waals surface area contributed by atoms with Crippen molar-refractivity contribution in [2.24, 2.45) is 0 Å². The fourth-order valence-electron chi connectivity index (χ4n) is 2.99. The van der Waals surface area contributed by atoms with E-state index >= 15 is 0 Å². The number of rotatable bonds is 6. The molecule has 3 aromatic rings. The van der Waals surface area contributed by atoms with E-state index in [-0.39, 0.29) is 18.7 Å². The number of fused-ring (bicyclic) bond motifs is 1. The van der Waals surface area contributed by atoms with Gasteiger partial charge in [0.05, 0.1) is 18.3 Å². The van der Waals surface area contributed by atoms with Gasteiger partial charge in [-0.2, -0.15) is 0 Å². The summed E-state index contributed by atoms with van der Waals surface area (Å²) >= 11 is 0. The molecule has 2 heterocycles. The molecule has 0 radical (unpaired) electrons. The van der Waals surface area contributed by atoms with Crippen molar-refractivity contribution in [3.05, 3.63) is 78.3 Å². The molecule has 0 aliphatic carbocycles. The summed E-state index contributed by atoms with van der Waals surface area (Å²) in [5.41, 5.74) is 1.68. The number of benzene rings is 2. The Hall–Kier alpha value is -3.25. The molecule has 1 aromatic heterocycles. The number of carbonyl (C=O) groups excluding carboxylic acids is 1. The van der Waals surface area contributed by atoms with Crippen molar-refractivity contribution >= 4 is 11.6 Å². The molecule has 0 saturated heterocycles. The van der Waals surface area contributed by atoms with Crippen LogP contribution in [0, 0.1) is 0 Å². The summed E-state index contributed by atoms with van der Waals surface area (Å²) in [7, 11) is 0. The van der Waals surface area contributed by atoms with Crippen molar-refractivity contribution < 1.29 is 18.7 Å². The molecule has 2 N–H and O–H groups in total. The van der Waals surface area contributed by atoms with Crippen molar-refractivity contribution in [3.63, 3.8) is 0 Å². The van der Waals surface area contributed by atoms with E-state index in [4.69, 9.17) is 13.9 Å². The second kappa shape index (κ2) is 7.55. The van der Waals surface area contributed by atoms with E-state index in [0.29, 0.717) is 17.2 Å². The summed E-state index contributed by atoms with van der Waals surface area (Å²) in [6.07, 6.45) is 1.63. The Morgan fingerprint density at radius 1 is 1.00 bits per heavy atom. The smallest absolute Gasteiger partial charge is 0.241 e. The first-order valence-electron chi connectivity index (χ1n) is 8.75. The lowest BCUT2D eigenvalue weighted by molar-refractivity contribution is -0.117. The van der Waals surface area contributed by atoms with Gasteiger partial charge < -0.3 is 19.2 Å². The average Bonchev–Trinajstić information content (AvgIpc) is 3.38. The van der Waals surface area contributed by atoms with Crippen LogP contribution in [0.1, 0.15) is 24.3 Å². The Labute approximate surface area is 157 Å². The highest BCUT2D eigenvalue weighted by molar-refractivity contribution is 5.94. The average molecular weight is 364 g/mol.